The molecule has 3 N–H and O–H groups in total. The van der Waals surface area contributed by atoms with Crippen molar-refractivity contribution in [1.29, 1.82) is 0 Å². The van der Waals surface area contributed by atoms with Crippen molar-refractivity contribution in [2.24, 2.45) is 0 Å². The van der Waals surface area contributed by atoms with E-state index in [0.29, 0.717) is 12.0 Å². The summed E-state index contributed by atoms with van der Waals surface area (Å²) >= 11 is 0. The lowest BCUT2D eigenvalue weighted by molar-refractivity contribution is -0.132. The standard InChI is InChI=1S/C8H16N2O2/c1-6(8(11)12)4-5-7(9-2)10-3/h4,7,9-10H,5H2,1-3H3,(H,11,12). The van der Waals surface area contributed by atoms with Crippen LogP contribution in [0.15, 0.2) is 11.6 Å². The highest BCUT2D eigenvalue weighted by molar-refractivity contribution is 5.85. The quantitative estimate of drug-likeness (QED) is 0.409. The van der Waals surface area contributed by atoms with E-state index in [2.05, 4.69) is 10.6 Å². The van der Waals surface area contributed by atoms with Crippen molar-refractivity contribution in [3.8, 4) is 0 Å². The zero-order valence-electron chi connectivity index (χ0n) is 7.72. The summed E-state index contributed by atoms with van der Waals surface area (Å²) in [6.07, 6.45) is 2.50. The molecule has 0 radical (unpaired) electrons. The largest absolute Gasteiger partial charge is 0.478 e. The van der Waals surface area contributed by atoms with E-state index in [1.54, 1.807) is 13.0 Å². The SMILES string of the molecule is CNC(CC=C(C)C(=O)O)NC. The zero-order valence-corrected chi connectivity index (χ0v) is 7.72. The zero-order chi connectivity index (χ0) is 9.56. The van der Waals surface area contributed by atoms with Gasteiger partial charge in [-0.3, -0.25) is 0 Å². The first-order valence-corrected chi connectivity index (χ1v) is 3.86. The summed E-state index contributed by atoms with van der Waals surface area (Å²) in [6.45, 7) is 1.59. The van der Waals surface area contributed by atoms with E-state index in [-0.39, 0.29) is 6.17 Å². The van der Waals surface area contributed by atoms with Gasteiger partial charge in [0.2, 0.25) is 0 Å². The number of hydrogen-bond donors (Lipinski definition) is 3. The second kappa shape index (κ2) is 5.74. The number of carboxylic acid groups (broad SMARTS) is 1. The normalized spacial score (nSPS) is 12.2. The molecule has 0 aromatic carbocycles. The number of aliphatic carboxylic acids is 1. The van der Waals surface area contributed by atoms with E-state index in [1.807, 2.05) is 14.1 Å². The van der Waals surface area contributed by atoms with Crippen LogP contribution in [0.2, 0.25) is 0 Å². The van der Waals surface area contributed by atoms with Crippen LogP contribution in [0.5, 0.6) is 0 Å². The summed E-state index contributed by atoms with van der Waals surface area (Å²) < 4.78 is 0. The molecule has 0 aromatic heterocycles. The Kier molecular flexibility index (Phi) is 5.32. The average Bonchev–Trinajstić information content (AvgIpc) is 2.05. The van der Waals surface area contributed by atoms with E-state index < -0.39 is 5.97 Å². The Hall–Kier alpha value is -0.870. The lowest BCUT2D eigenvalue weighted by atomic mass is 10.2. The van der Waals surface area contributed by atoms with Crippen molar-refractivity contribution in [3.05, 3.63) is 11.6 Å². The second-order valence-electron chi connectivity index (χ2n) is 2.56. The van der Waals surface area contributed by atoms with Gasteiger partial charge in [0.1, 0.15) is 0 Å². The number of hydrogen-bond acceptors (Lipinski definition) is 3. The maximum absolute atomic E-state index is 10.4. The molecule has 0 rings (SSSR count). The molecule has 0 unspecified atom stereocenters. The summed E-state index contributed by atoms with van der Waals surface area (Å²) in [7, 11) is 3.65. The molecule has 0 fully saturated rings. The monoisotopic (exact) mass is 172 g/mol. The third-order valence-corrected chi connectivity index (χ3v) is 1.69. The molecule has 0 aromatic rings. The van der Waals surface area contributed by atoms with Crippen molar-refractivity contribution < 1.29 is 9.90 Å². The van der Waals surface area contributed by atoms with Crippen LogP contribution in [0.4, 0.5) is 0 Å². The third kappa shape index (κ3) is 4.10. The maximum atomic E-state index is 10.4. The first-order chi connectivity index (χ1) is 5.61. The van der Waals surface area contributed by atoms with E-state index in [0.717, 1.165) is 0 Å². The number of carboxylic acids is 1. The summed E-state index contributed by atoms with van der Waals surface area (Å²) in [5, 5.41) is 14.5. The van der Waals surface area contributed by atoms with E-state index in [4.69, 9.17) is 5.11 Å². The molecular formula is C8H16N2O2. The van der Waals surface area contributed by atoms with Gasteiger partial charge in [-0.2, -0.15) is 0 Å². The predicted octanol–water partition coefficient (Wildman–Crippen LogP) is 0.172. The van der Waals surface area contributed by atoms with Gasteiger partial charge in [-0.25, -0.2) is 4.79 Å². The average molecular weight is 172 g/mol. The molecule has 0 saturated heterocycles. The van der Waals surface area contributed by atoms with Crippen LogP contribution >= 0.6 is 0 Å². The van der Waals surface area contributed by atoms with Crippen molar-refractivity contribution in [3.63, 3.8) is 0 Å². The van der Waals surface area contributed by atoms with Gasteiger partial charge in [0, 0.05) is 5.57 Å². The highest BCUT2D eigenvalue weighted by atomic mass is 16.4. The molecule has 0 saturated carbocycles. The molecule has 0 aliphatic rings. The van der Waals surface area contributed by atoms with Gasteiger partial charge in [0.05, 0.1) is 6.17 Å². The van der Waals surface area contributed by atoms with Gasteiger partial charge in [0.25, 0.3) is 0 Å². The molecule has 0 bridgehead atoms. The molecular weight excluding hydrogens is 156 g/mol. The molecule has 0 heterocycles. The van der Waals surface area contributed by atoms with Crippen LogP contribution in [0.1, 0.15) is 13.3 Å². The lowest BCUT2D eigenvalue weighted by Gasteiger charge is -2.12. The fourth-order valence-electron chi connectivity index (χ4n) is 0.762. The maximum Gasteiger partial charge on any atom is 0.330 e. The van der Waals surface area contributed by atoms with E-state index in [9.17, 15) is 4.79 Å². The molecule has 0 amide bonds. The minimum absolute atomic E-state index is 0.138. The van der Waals surface area contributed by atoms with Crippen LogP contribution in [0, 0.1) is 0 Å². The fraction of sp³-hybridized carbons (Fsp3) is 0.625. The van der Waals surface area contributed by atoms with Crippen LogP contribution in [0.3, 0.4) is 0 Å². The van der Waals surface area contributed by atoms with E-state index in [1.165, 1.54) is 0 Å². The van der Waals surface area contributed by atoms with Gasteiger partial charge in [0.15, 0.2) is 0 Å². The smallest absolute Gasteiger partial charge is 0.330 e. The third-order valence-electron chi connectivity index (χ3n) is 1.69. The van der Waals surface area contributed by atoms with Crippen LogP contribution in [0.25, 0.3) is 0 Å². The summed E-state index contributed by atoms with van der Waals surface area (Å²) in [6, 6.07) is 0. The van der Waals surface area contributed by atoms with Crippen LogP contribution in [-0.2, 0) is 4.79 Å². The topological polar surface area (TPSA) is 61.4 Å². The Labute approximate surface area is 72.7 Å². The van der Waals surface area contributed by atoms with E-state index >= 15 is 0 Å². The van der Waals surface area contributed by atoms with Crippen molar-refractivity contribution in [2.45, 2.75) is 19.5 Å². The molecule has 70 valence electrons. The summed E-state index contributed by atoms with van der Waals surface area (Å²) in [4.78, 5) is 10.4. The molecule has 4 heteroatoms. The van der Waals surface area contributed by atoms with Crippen molar-refractivity contribution in [1.82, 2.24) is 10.6 Å². The molecule has 12 heavy (non-hydrogen) atoms. The minimum atomic E-state index is -0.860. The minimum Gasteiger partial charge on any atom is -0.478 e. The van der Waals surface area contributed by atoms with Gasteiger partial charge < -0.3 is 15.7 Å². The van der Waals surface area contributed by atoms with Crippen LogP contribution in [-0.4, -0.2) is 31.3 Å². The predicted molar refractivity (Wildman–Crippen MR) is 47.9 cm³/mol. The number of nitrogens with one attached hydrogen (secondary N) is 2. The van der Waals surface area contributed by atoms with Crippen LogP contribution < -0.4 is 10.6 Å². The summed E-state index contributed by atoms with van der Waals surface area (Å²) in [5.74, 6) is -0.860. The first-order valence-electron chi connectivity index (χ1n) is 3.86. The molecule has 0 aliphatic heterocycles. The fourth-order valence-corrected chi connectivity index (χ4v) is 0.762. The molecule has 0 spiro atoms. The van der Waals surface area contributed by atoms with Crippen molar-refractivity contribution in [2.75, 3.05) is 14.1 Å². The highest BCUT2D eigenvalue weighted by Crippen LogP contribution is 1.96. The highest BCUT2D eigenvalue weighted by Gasteiger charge is 2.02. The second-order valence-corrected chi connectivity index (χ2v) is 2.56. The molecule has 4 nitrogen and oxygen atoms in total. The lowest BCUT2D eigenvalue weighted by Crippen LogP contribution is -2.37. The Morgan fingerprint density at radius 3 is 2.33 bits per heavy atom. The van der Waals surface area contributed by atoms with Gasteiger partial charge >= 0.3 is 5.97 Å². The Bertz CT molecular complexity index is 174. The van der Waals surface area contributed by atoms with Gasteiger partial charge in [-0.05, 0) is 27.4 Å². The molecule has 0 aliphatic carbocycles. The Morgan fingerprint density at radius 1 is 1.50 bits per heavy atom. The Balaban J connectivity index is 3.93. The number of carbonyl (C=O) groups is 1. The summed E-state index contributed by atoms with van der Waals surface area (Å²) in [5.41, 5.74) is 0.380. The Morgan fingerprint density at radius 2 is 2.00 bits per heavy atom. The number of rotatable bonds is 5. The van der Waals surface area contributed by atoms with Gasteiger partial charge in [-0.15, -0.1) is 0 Å². The molecule has 0 atom stereocenters. The first kappa shape index (κ1) is 11.1. The van der Waals surface area contributed by atoms with Crippen molar-refractivity contribution >= 4 is 5.97 Å². The van der Waals surface area contributed by atoms with Gasteiger partial charge in [-0.1, -0.05) is 6.08 Å².